The van der Waals surface area contributed by atoms with E-state index in [1.54, 1.807) is 29.2 Å². The topological polar surface area (TPSA) is 104 Å². The third-order valence-electron chi connectivity index (χ3n) is 4.53. The van der Waals surface area contributed by atoms with Crippen LogP contribution in [0.3, 0.4) is 0 Å². The van der Waals surface area contributed by atoms with Crippen molar-refractivity contribution in [2.45, 2.75) is 13.0 Å². The number of amides is 1. The Hall–Kier alpha value is -3.61. The van der Waals surface area contributed by atoms with Gasteiger partial charge in [0.15, 0.2) is 0 Å². The second-order valence-corrected chi connectivity index (χ2v) is 6.39. The number of hydrogen-bond donors (Lipinski definition) is 3. The van der Waals surface area contributed by atoms with E-state index in [4.69, 9.17) is 5.73 Å². The minimum Gasteiger partial charge on any atom is -0.506 e. The Morgan fingerprint density at radius 1 is 1.07 bits per heavy atom. The van der Waals surface area contributed by atoms with Gasteiger partial charge in [-0.25, -0.2) is 4.98 Å². The predicted octanol–water partition coefficient (Wildman–Crippen LogP) is 2.71. The fourth-order valence-corrected chi connectivity index (χ4v) is 3.16. The summed E-state index contributed by atoms with van der Waals surface area (Å²) in [6.07, 6.45) is 0.811. The van der Waals surface area contributed by atoms with Gasteiger partial charge in [0.1, 0.15) is 17.3 Å². The number of nitrogen functional groups attached to an aromatic ring is 1. The number of rotatable bonds is 3. The predicted molar refractivity (Wildman–Crippen MR) is 103 cm³/mol. The van der Waals surface area contributed by atoms with Crippen molar-refractivity contribution in [1.29, 1.82) is 0 Å². The molecule has 0 bridgehead atoms. The molecule has 7 heteroatoms. The van der Waals surface area contributed by atoms with E-state index < -0.39 is 0 Å². The number of para-hydroxylation sites is 2. The first-order chi connectivity index (χ1) is 13.1. The Morgan fingerprint density at radius 3 is 2.63 bits per heavy atom. The van der Waals surface area contributed by atoms with Crippen LogP contribution >= 0.6 is 0 Å². The molecule has 0 saturated heterocycles. The second-order valence-electron chi connectivity index (χ2n) is 6.39. The average Bonchev–Trinajstić information content (AvgIpc) is 2.68. The lowest BCUT2D eigenvalue weighted by molar-refractivity contribution is 0.0729. The van der Waals surface area contributed by atoms with Crippen LogP contribution in [0.5, 0.6) is 5.75 Å². The standard InChI is InChI=1S/C20H19N5O2/c21-18-11-16(23-20(24-18)22-15-7-3-4-8-17(15)26)19(27)25-10-9-13-5-1-2-6-14(13)12-25/h1-8,11,26H,9-10,12H2,(H3,21,22,23,24). The number of carbonyl (C=O) groups is 1. The number of nitrogens with zero attached hydrogens (tertiary/aromatic N) is 3. The normalized spacial score (nSPS) is 13.1. The summed E-state index contributed by atoms with van der Waals surface area (Å²) in [7, 11) is 0. The maximum Gasteiger partial charge on any atom is 0.273 e. The van der Waals surface area contributed by atoms with Crippen LogP contribution in [0.15, 0.2) is 54.6 Å². The van der Waals surface area contributed by atoms with Crippen molar-refractivity contribution in [1.82, 2.24) is 14.9 Å². The van der Waals surface area contributed by atoms with Crippen molar-refractivity contribution in [2.75, 3.05) is 17.6 Å². The highest BCUT2D eigenvalue weighted by molar-refractivity contribution is 5.93. The fraction of sp³-hybridized carbons (Fsp3) is 0.150. The SMILES string of the molecule is Nc1cc(C(=O)N2CCc3ccccc3C2)nc(Nc2ccccc2O)n1. The molecule has 2 aromatic carbocycles. The summed E-state index contributed by atoms with van der Waals surface area (Å²) >= 11 is 0. The number of benzene rings is 2. The van der Waals surface area contributed by atoms with Gasteiger partial charge >= 0.3 is 0 Å². The van der Waals surface area contributed by atoms with Crippen LogP contribution < -0.4 is 11.1 Å². The number of hydrogen-bond acceptors (Lipinski definition) is 6. The zero-order chi connectivity index (χ0) is 18.8. The third kappa shape index (κ3) is 3.52. The zero-order valence-electron chi connectivity index (χ0n) is 14.6. The van der Waals surface area contributed by atoms with Gasteiger partial charge in [-0.05, 0) is 29.7 Å². The van der Waals surface area contributed by atoms with Gasteiger partial charge in [-0.3, -0.25) is 4.79 Å². The number of aromatic nitrogens is 2. The van der Waals surface area contributed by atoms with E-state index in [-0.39, 0.29) is 29.1 Å². The van der Waals surface area contributed by atoms with Crippen LogP contribution in [0.2, 0.25) is 0 Å². The number of anilines is 3. The molecular weight excluding hydrogens is 342 g/mol. The Labute approximate surface area is 156 Å². The van der Waals surface area contributed by atoms with Crippen LogP contribution in [0.4, 0.5) is 17.5 Å². The lowest BCUT2D eigenvalue weighted by Crippen LogP contribution is -2.36. The molecule has 3 aromatic rings. The summed E-state index contributed by atoms with van der Waals surface area (Å²) in [4.78, 5) is 23.1. The molecule has 0 atom stereocenters. The maximum absolute atomic E-state index is 12.9. The van der Waals surface area contributed by atoms with Crippen LogP contribution in [0.1, 0.15) is 21.6 Å². The first-order valence-electron chi connectivity index (χ1n) is 8.66. The van der Waals surface area contributed by atoms with Crippen LogP contribution in [0, 0.1) is 0 Å². The van der Waals surface area contributed by atoms with E-state index in [9.17, 15) is 9.90 Å². The molecule has 0 unspecified atom stereocenters. The van der Waals surface area contributed by atoms with Crippen molar-refractivity contribution >= 4 is 23.4 Å². The van der Waals surface area contributed by atoms with Crippen molar-refractivity contribution in [3.8, 4) is 5.75 Å². The zero-order valence-corrected chi connectivity index (χ0v) is 14.6. The van der Waals surface area contributed by atoms with Gasteiger partial charge in [0.25, 0.3) is 5.91 Å². The third-order valence-corrected chi connectivity index (χ3v) is 4.53. The first-order valence-corrected chi connectivity index (χ1v) is 8.66. The number of nitrogens with two attached hydrogens (primary N) is 1. The smallest absolute Gasteiger partial charge is 0.273 e. The highest BCUT2D eigenvalue weighted by atomic mass is 16.3. The number of fused-ring (bicyclic) bond motifs is 1. The molecule has 1 aliphatic heterocycles. The van der Waals surface area contributed by atoms with E-state index in [2.05, 4.69) is 21.4 Å². The number of phenols is 1. The minimum atomic E-state index is -0.195. The molecule has 0 radical (unpaired) electrons. The Balaban J connectivity index is 1.58. The molecule has 1 aliphatic rings. The average molecular weight is 361 g/mol. The first kappa shape index (κ1) is 16.8. The lowest BCUT2D eigenvalue weighted by Gasteiger charge is -2.28. The monoisotopic (exact) mass is 361 g/mol. The quantitative estimate of drug-likeness (QED) is 0.620. The minimum absolute atomic E-state index is 0.0593. The molecule has 4 N–H and O–H groups in total. The van der Waals surface area contributed by atoms with Gasteiger partial charge < -0.3 is 21.1 Å². The van der Waals surface area contributed by atoms with E-state index >= 15 is 0 Å². The molecule has 2 heterocycles. The molecule has 0 aliphatic carbocycles. The molecule has 4 rings (SSSR count). The van der Waals surface area contributed by atoms with E-state index in [0.717, 1.165) is 12.0 Å². The largest absolute Gasteiger partial charge is 0.506 e. The lowest BCUT2D eigenvalue weighted by atomic mass is 10.00. The second kappa shape index (κ2) is 6.95. The molecule has 0 fully saturated rings. The fourth-order valence-electron chi connectivity index (χ4n) is 3.16. The van der Waals surface area contributed by atoms with Crippen LogP contribution in [-0.4, -0.2) is 32.4 Å². The van der Waals surface area contributed by atoms with Crippen molar-refractivity contribution in [2.24, 2.45) is 0 Å². The van der Waals surface area contributed by atoms with Gasteiger partial charge in [0, 0.05) is 19.2 Å². The molecule has 1 aromatic heterocycles. The molecular formula is C20H19N5O2. The van der Waals surface area contributed by atoms with Crippen molar-refractivity contribution in [3.63, 3.8) is 0 Å². The Bertz CT molecular complexity index is 1010. The number of nitrogens with one attached hydrogen (secondary N) is 1. The number of carbonyl (C=O) groups excluding carboxylic acids is 1. The van der Waals surface area contributed by atoms with Gasteiger partial charge in [-0.1, -0.05) is 36.4 Å². The summed E-state index contributed by atoms with van der Waals surface area (Å²) in [5, 5.41) is 12.8. The van der Waals surface area contributed by atoms with Gasteiger partial charge in [0.2, 0.25) is 5.95 Å². The summed E-state index contributed by atoms with van der Waals surface area (Å²) in [5.41, 5.74) is 8.95. The number of phenolic OH excluding ortho intramolecular Hbond substituents is 1. The molecule has 27 heavy (non-hydrogen) atoms. The molecule has 1 amide bonds. The van der Waals surface area contributed by atoms with Gasteiger partial charge in [-0.2, -0.15) is 4.98 Å². The highest BCUT2D eigenvalue weighted by Gasteiger charge is 2.23. The van der Waals surface area contributed by atoms with Gasteiger partial charge in [0.05, 0.1) is 5.69 Å². The van der Waals surface area contributed by atoms with Crippen molar-refractivity contribution < 1.29 is 9.90 Å². The van der Waals surface area contributed by atoms with Crippen molar-refractivity contribution in [3.05, 3.63) is 71.4 Å². The summed E-state index contributed by atoms with van der Waals surface area (Å²) in [5.74, 6) is 0.212. The van der Waals surface area contributed by atoms with E-state index in [1.807, 2.05) is 18.2 Å². The van der Waals surface area contributed by atoms with Crippen LogP contribution in [-0.2, 0) is 13.0 Å². The summed E-state index contributed by atoms with van der Waals surface area (Å²) in [6.45, 7) is 1.17. The molecule has 136 valence electrons. The summed E-state index contributed by atoms with van der Waals surface area (Å²) in [6, 6.07) is 16.3. The summed E-state index contributed by atoms with van der Waals surface area (Å²) < 4.78 is 0. The molecule has 0 saturated carbocycles. The highest BCUT2D eigenvalue weighted by Crippen LogP contribution is 2.25. The van der Waals surface area contributed by atoms with Gasteiger partial charge in [-0.15, -0.1) is 0 Å². The molecule has 0 spiro atoms. The maximum atomic E-state index is 12.9. The van der Waals surface area contributed by atoms with Crippen LogP contribution in [0.25, 0.3) is 0 Å². The van der Waals surface area contributed by atoms with E-state index in [1.165, 1.54) is 11.6 Å². The van der Waals surface area contributed by atoms with E-state index in [0.29, 0.717) is 18.8 Å². The number of aromatic hydroxyl groups is 1. The Kier molecular flexibility index (Phi) is 4.33. The molecule has 7 nitrogen and oxygen atoms in total. The Morgan fingerprint density at radius 2 is 1.81 bits per heavy atom.